The van der Waals surface area contributed by atoms with Gasteiger partial charge in [0.25, 0.3) is 5.91 Å². The van der Waals surface area contributed by atoms with E-state index in [0.717, 1.165) is 29.2 Å². The molecule has 18 heavy (non-hydrogen) atoms. The van der Waals surface area contributed by atoms with Crippen molar-refractivity contribution < 1.29 is 4.79 Å². The molecule has 2 rings (SSSR count). The lowest BCUT2D eigenvalue weighted by molar-refractivity contribution is 0.0778. The van der Waals surface area contributed by atoms with E-state index in [9.17, 15) is 4.79 Å². The first-order valence-electron chi connectivity index (χ1n) is 6.06. The van der Waals surface area contributed by atoms with E-state index in [-0.39, 0.29) is 5.91 Å². The number of carbonyl (C=O) groups excluding carboxylic acids is 1. The molecule has 0 unspecified atom stereocenters. The van der Waals surface area contributed by atoms with Crippen LogP contribution in [0.5, 0.6) is 0 Å². The Kier molecular flexibility index (Phi) is 4.10. The van der Waals surface area contributed by atoms with Crippen molar-refractivity contribution in [2.24, 2.45) is 0 Å². The van der Waals surface area contributed by atoms with Crippen molar-refractivity contribution in [3.05, 3.63) is 40.7 Å². The van der Waals surface area contributed by atoms with Crippen molar-refractivity contribution in [1.82, 2.24) is 9.88 Å². The van der Waals surface area contributed by atoms with Gasteiger partial charge in [-0.2, -0.15) is 0 Å². The Morgan fingerprint density at radius 3 is 2.50 bits per heavy atom. The van der Waals surface area contributed by atoms with Crippen LogP contribution in [0.1, 0.15) is 23.5 Å². The summed E-state index contributed by atoms with van der Waals surface area (Å²) in [4.78, 5) is 19.2. The van der Waals surface area contributed by atoms with Gasteiger partial charge in [0.2, 0.25) is 0 Å². The molecule has 1 amide bonds. The Balaban J connectivity index is 2.37. The molecular weight excluding hydrogens is 244 g/mol. The molecule has 0 bridgehead atoms. The summed E-state index contributed by atoms with van der Waals surface area (Å²) in [6, 6.07) is 9.84. The first-order valence-corrected chi connectivity index (χ1v) is 6.94. The summed E-state index contributed by atoms with van der Waals surface area (Å²) in [5, 5.41) is 0. The topological polar surface area (TPSA) is 33.2 Å². The molecule has 3 nitrogen and oxygen atoms in total. The molecule has 0 N–H and O–H groups in total. The maximum Gasteiger partial charge on any atom is 0.266 e. The van der Waals surface area contributed by atoms with E-state index in [1.807, 2.05) is 49.1 Å². The van der Waals surface area contributed by atoms with Crippen LogP contribution in [0.15, 0.2) is 35.8 Å². The number of aromatic nitrogens is 1. The van der Waals surface area contributed by atoms with Gasteiger partial charge < -0.3 is 4.90 Å². The second-order valence-electron chi connectivity index (χ2n) is 3.87. The molecule has 94 valence electrons. The highest BCUT2D eigenvalue weighted by Gasteiger charge is 2.19. The molecule has 1 heterocycles. The lowest BCUT2D eigenvalue weighted by atomic mass is 10.1. The van der Waals surface area contributed by atoms with Gasteiger partial charge in [0, 0.05) is 18.7 Å². The number of carbonyl (C=O) groups is 1. The van der Waals surface area contributed by atoms with E-state index in [1.54, 1.807) is 5.51 Å². The Labute approximate surface area is 111 Å². The van der Waals surface area contributed by atoms with E-state index in [1.165, 1.54) is 11.3 Å². The summed E-state index contributed by atoms with van der Waals surface area (Å²) in [7, 11) is 0. The summed E-state index contributed by atoms with van der Waals surface area (Å²) in [5.74, 6) is 0.0707. The second-order valence-corrected chi connectivity index (χ2v) is 4.73. The third kappa shape index (κ3) is 2.43. The van der Waals surface area contributed by atoms with Crippen LogP contribution in [-0.4, -0.2) is 28.9 Å². The molecule has 0 saturated carbocycles. The predicted molar refractivity (Wildman–Crippen MR) is 74.8 cm³/mol. The van der Waals surface area contributed by atoms with Crippen LogP contribution in [0, 0.1) is 0 Å². The highest BCUT2D eigenvalue weighted by atomic mass is 32.1. The summed E-state index contributed by atoms with van der Waals surface area (Å²) in [6.45, 7) is 5.43. The third-order valence-electron chi connectivity index (χ3n) is 2.86. The van der Waals surface area contributed by atoms with Gasteiger partial charge in [0.15, 0.2) is 0 Å². The van der Waals surface area contributed by atoms with Crippen molar-refractivity contribution in [3.63, 3.8) is 0 Å². The van der Waals surface area contributed by atoms with Gasteiger partial charge in [-0.1, -0.05) is 30.3 Å². The van der Waals surface area contributed by atoms with Gasteiger partial charge in [0.1, 0.15) is 4.88 Å². The van der Waals surface area contributed by atoms with E-state index >= 15 is 0 Å². The van der Waals surface area contributed by atoms with Crippen molar-refractivity contribution in [2.75, 3.05) is 13.1 Å². The van der Waals surface area contributed by atoms with E-state index in [4.69, 9.17) is 0 Å². The number of amides is 1. The van der Waals surface area contributed by atoms with Gasteiger partial charge in [-0.15, -0.1) is 11.3 Å². The molecule has 1 aromatic carbocycles. The molecule has 0 aliphatic heterocycles. The average molecular weight is 260 g/mol. The Morgan fingerprint density at radius 2 is 1.89 bits per heavy atom. The van der Waals surface area contributed by atoms with Gasteiger partial charge in [-0.05, 0) is 13.8 Å². The summed E-state index contributed by atoms with van der Waals surface area (Å²) in [5.41, 5.74) is 3.52. The van der Waals surface area contributed by atoms with Crippen molar-refractivity contribution in [3.8, 4) is 11.3 Å². The molecule has 1 aromatic heterocycles. The fourth-order valence-electron chi connectivity index (χ4n) is 1.85. The van der Waals surface area contributed by atoms with Gasteiger partial charge in [0.05, 0.1) is 11.2 Å². The Morgan fingerprint density at radius 1 is 1.22 bits per heavy atom. The zero-order valence-corrected chi connectivity index (χ0v) is 11.4. The molecule has 2 aromatic rings. The monoisotopic (exact) mass is 260 g/mol. The van der Waals surface area contributed by atoms with Gasteiger partial charge in [-0.25, -0.2) is 4.98 Å². The van der Waals surface area contributed by atoms with Crippen LogP contribution in [0.25, 0.3) is 11.3 Å². The van der Waals surface area contributed by atoms with Crippen molar-refractivity contribution in [1.29, 1.82) is 0 Å². The molecule has 0 fully saturated rings. The summed E-state index contributed by atoms with van der Waals surface area (Å²) < 4.78 is 0. The molecule has 0 aliphatic carbocycles. The quantitative estimate of drug-likeness (QED) is 0.845. The summed E-state index contributed by atoms with van der Waals surface area (Å²) >= 11 is 1.41. The maximum atomic E-state index is 12.4. The van der Waals surface area contributed by atoms with Crippen LogP contribution in [0.4, 0.5) is 0 Å². The molecule has 4 heteroatoms. The van der Waals surface area contributed by atoms with E-state index in [0.29, 0.717) is 0 Å². The third-order valence-corrected chi connectivity index (χ3v) is 3.67. The summed E-state index contributed by atoms with van der Waals surface area (Å²) in [6.07, 6.45) is 0. The number of rotatable bonds is 4. The predicted octanol–water partition coefficient (Wildman–Crippen LogP) is 3.29. The second kappa shape index (κ2) is 5.78. The lowest BCUT2D eigenvalue weighted by Gasteiger charge is -2.18. The lowest BCUT2D eigenvalue weighted by Crippen LogP contribution is -2.30. The zero-order chi connectivity index (χ0) is 13.0. The maximum absolute atomic E-state index is 12.4. The van der Waals surface area contributed by atoms with E-state index in [2.05, 4.69) is 4.98 Å². The zero-order valence-electron chi connectivity index (χ0n) is 10.6. The molecular formula is C14H16N2OS. The first kappa shape index (κ1) is 12.8. The Hall–Kier alpha value is -1.68. The van der Waals surface area contributed by atoms with Crippen LogP contribution >= 0.6 is 11.3 Å². The molecule has 0 radical (unpaired) electrons. The van der Waals surface area contributed by atoms with Crippen molar-refractivity contribution in [2.45, 2.75) is 13.8 Å². The minimum absolute atomic E-state index is 0.0707. The normalized spacial score (nSPS) is 10.3. The van der Waals surface area contributed by atoms with Crippen LogP contribution in [-0.2, 0) is 0 Å². The molecule has 0 atom stereocenters. The molecule has 0 aliphatic rings. The highest BCUT2D eigenvalue weighted by Crippen LogP contribution is 2.26. The van der Waals surface area contributed by atoms with Crippen LogP contribution < -0.4 is 0 Å². The van der Waals surface area contributed by atoms with Crippen LogP contribution in [0.3, 0.4) is 0 Å². The molecule has 0 spiro atoms. The SMILES string of the molecule is CCN(CC)C(=O)c1scnc1-c1ccccc1. The largest absolute Gasteiger partial charge is 0.338 e. The number of nitrogens with zero attached hydrogens (tertiary/aromatic N) is 2. The fourth-order valence-corrected chi connectivity index (χ4v) is 2.63. The Bertz CT molecular complexity index is 518. The van der Waals surface area contributed by atoms with Crippen LogP contribution in [0.2, 0.25) is 0 Å². The number of thiazole rings is 1. The average Bonchev–Trinajstić information content (AvgIpc) is 2.90. The highest BCUT2D eigenvalue weighted by molar-refractivity contribution is 7.12. The minimum Gasteiger partial charge on any atom is -0.338 e. The number of hydrogen-bond acceptors (Lipinski definition) is 3. The molecule has 0 saturated heterocycles. The van der Waals surface area contributed by atoms with Crippen molar-refractivity contribution >= 4 is 17.2 Å². The number of hydrogen-bond donors (Lipinski definition) is 0. The fraction of sp³-hybridized carbons (Fsp3) is 0.286. The first-order chi connectivity index (χ1) is 8.77. The minimum atomic E-state index is 0.0707. The van der Waals surface area contributed by atoms with E-state index < -0.39 is 0 Å². The standard InChI is InChI=1S/C14H16N2OS/c1-3-16(4-2)14(17)13-12(15-10-18-13)11-8-6-5-7-9-11/h5-10H,3-4H2,1-2H3. The van der Waals surface area contributed by atoms with Gasteiger partial charge in [-0.3, -0.25) is 4.79 Å². The van der Waals surface area contributed by atoms with Gasteiger partial charge >= 0.3 is 0 Å². The number of benzene rings is 1. The smallest absolute Gasteiger partial charge is 0.266 e.